The molecule has 0 bridgehead atoms. The van der Waals surface area contributed by atoms with Gasteiger partial charge >= 0.3 is 6.03 Å². The highest BCUT2D eigenvalue weighted by Gasteiger charge is 2.28. The fraction of sp³-hybridized carbons (Fsp3) is 0.333. The van der Waals surface area contributed by atoms with Gasteiger partial charge in [-0.05, 0) is 49.9 Å². The molecule has 3 amide bonds. The first kappa shape index (κ1) is 18.0. The first-order chi connectivity index (χ1) is 12.5. The van der Waals surface area contributed by atoms with Crippen LogP contribution in [0.15, 0.2) is 48.5 Å². The average Bonchev–Trinajstić information content (AvgIpc) is 3.05. The van der Waals surface area contributed by atoms with Gasteiger partial charge in [-0.3, -0.25) is 4.79 Å². The van der Waals surface area contributed by atoms with E-state index < -0.39 is 6.04 Å². The number of aryl methyl sites for hydroxylation is 1. The van der Waals surface area contributed by atoms with E-state index in [2.05, 4.69) is 10.6 Å². The molecule has 5 nitrogen and oxygen atoms in total. The van der Waals surface area contributed by atoms with Crippen molar-refractivity contribution in [3.63, 3.8) is 0 Å². The summed E-state index contributed by atoms with van der Waals surface area (Å²) in [5, 5.41) is 5.68. The van der Waals surface area contributed by atoms with E-state index in [-0.39, 0.29) is 18.0 Å². The second-order valence-corrected chi connectivity index (χ2v) is 6.79. The molecule has 5 heteroatoms. The molecule has 3 rings (SSSR count). The van der Waals surface area contributed by atoms with E-state index in [4.69, 9.17) is 0 Å². The van der Waals surface area contributed by atoms with E-state index in [1.807, 2.05) is 62.4 Å². The summed E-state index contributed by atoms with van der Waals surface area (Å²) >= 11 is 0. The van der Waals surface area contributed by atoms with Crippen molar-refractivity contribution in [1.82, 2.24) is 10.6 Å². The third kappa shape index (κ3) is 3.72. The molecule has 2 unspecified atom stereocenters. The highest BCUT2D eigenvalue weighted by molar-refractivity contribution is 6.00. The van der Waals surface area contributed by atoms with E-state index in [0.29, 0.717) is 6.54 Å². The molecule has 0 saturated carbocycles. The molecular formula is C21H25N3O2. The van der Waals surface area contributed by atoms with Crippen molar-refractivity contribution in [1.29, 1.82) is 0 Å². The van der Waals surface area contributed by atoms with Crippen molar-refractivity contribution in [3.05, 3.63) is 65.2 Å². The lowest BCUT2D eigenvalue weighted by Gasteiger charge is -2.23. The number of benzene rings is 2. The minimum absolute atomic E-state index is 0.0892. The van der Waals surface area contributed by atoms with E-state index in [9.17, 15) is 9.59 Å². The lowest BCUT2D eigenvalue weighted by Crippen LogP contribution is -2.50. The fourth-order valence-corrected chi connectivity index (χ4v) is 3.45. The zero-order valence-corrected chi connectivity index (χ0v) is 15.5. The third-order valence-electron chi connectivity index (χ3n) is 4.87. The number of rotatable bonds is 4. The molecule has 0 radical (unpaired) electrons. The van der Waals surface area contributed by atoms with E-state index in [0.717, 1.165) is 23.2 Å². The highest BCUT2D eigenvalue weighted by Crippen LogP contribution is 2.27. The van der Waals surface area contributed by atoms with Crippen LogP contribution in [0.2, 0.25) is 0 Å². The summed E-state index contributed by atoms with van der Waals surface area (Å²) in [6.07, 6.45) is 0.852. The van der Waals surface area contributed by atoms with Crippen LogP contribution in [0.3, 0.4) is 0 Å². The summed E-state index contributed by atoms with van der Waals surface area (Å²) in [5.74, 6) is -0.0892. The van der Waals surface area contributed by atoms with Crippen molar-refractivity contribution in [2.24, 2.45) is 0 Å². The minimum Gasteiger partial charge on any atom is -0.332 e. The minimum atomic E-state index is -0.592. The second kappa shape index (κ2) is 7.60. The second-order valence-electron chi connectivity index (χ2n) is 6.79. The maximum atomic E-state index is 12.7. The monoisotopic (exact) mass is 351 g/mol. The van der Waals surface area contributed by atoms with Gasteiger partial charge in [0, 0.05) is 12.2 Å². The molecule has 0 saturated heterocycles. The van der Waals surface area contributed by atoms with Crippen LogP contribution in [0.25, 0.3) is 0 Å². The Bertz CT molecular complexity index is 818. The molecule has 2 atom stereocenters. The van der Waals surface area contributed by atoms with Crippen molar-refractivity contribution in [2.45, 2.75) is 39.3 Å². The molecule has 2 N–H and O–H groups in total. The normalized spacial score (nSPS) is 15.1. The fourth-order valence-electron chi connectivity index (χ4n) is 3.45. The van der Waals surface area contributed by atoms with Crippen molar-refractivity contribution in [2.75, 3.05) is 11.4 Å². The van der Waals surface area contributed by atoms with Gasteiger partial charge in [0.15, 0.2) is 0 Å². The van der Waals surface area contributed by atoms with Crippen LogP contribution in [0, 0.1) is 6.92 Å². The number of urea groups is 1. The predicted octanol–water partition coefficient (Wildman–Crippen LogP) is 3.33. The molecule has 0 spiro atoms. The predicted molar refractivity (Wildman–Crippen MR) is 103 cm³/mol. The SMILES string of the molecule is Cc1ccccc1C(C)NC(=O)NC(C)C(=O)N1CCc2ccccc21. The number of nitrogens with one attached hydrogen (secondary N) is 2. The van der Waals surface area contributed by atoms with Crippen molar-refractivity contribution < 1.29 is 9.59 Å². The maximum Gasteiger partial charge on any atom is 0.315 e. The van der Waals surface area contributed by atoms with Gasteiger partial charge in [-0.2, -0.15) is 0 Å². The van der Waals surface area contributed by atoms with Gasteiger partial charge in [-0.25, -0.2) is 4.79 Å². The standard InChI is InChI=1S/C21H25N3O2/c1-14-8-4-6-10-18(14)15(2)22-21(26)23-16(3)20(25)24-13-12-17-9-5-7-11-19(17)24/h4-11,15-16H,12-13H2,1-3H3,(H2,22,23,26). The number of carbonyl (C=O) groups is 2. The molecule has 26 heavy (non-hydrogen) atoms. The molecule has 0 fully saturated rings. The zero-order chi connectivity index (χ0) is 18.7. The maximum absolute atomic E-state index is 12.7. The molecule has 2 aromatic rings. The number of hydrogen-bond donors (Lipinski definition) is 2. The van der Waals surface area contributed by atoms with Crippen molar-refractivity contribution >= 4 is 17.6 Å². The first-order valence-corrected chi connectivity index (χ1v) is 8.99. The number of hydrogen-bond acceptors (Lipinski definition) is 2. The third-order valence-corrected chi connectivity index (χ3v) is 4.87. The summed E-state index contributed by atoms with van der Waals surface area (Å²) in [4.78, 5) is 26.8. The number of carbonyl (C=O) groups excluding carboxylic acids is 2. The van der Waals surface area contributed by atoms with Crippen LogP contribution in [-0.2, 0) is 11.2 Å². The molecule has 1 aliphatic heterocycles. The number of nitrogens with zero attached hydrogens (tertiary/aromatic N) is 1. The van der Waals surface area contributed by atoms with E-state index in [1.165, 1.54) is 5.56 Å². The number of para-hydroxylation sites is 1. The van der Waals surface area contributed by atoms with Gasteiger partial charge in [-0.15, -0.1) is 0 Å². The summed E-state index contributed by atoms with van der Waals surface area (Å²) in [6.45, 7) is 6.33. The molecule has 1 heterocycles. The van der Waals surface area contributed by atoms with Gasteiger partial charge in [0.2, 0.25) is 5.91 Å². The Morgan fingerprint density at radius 1 is 1.00 bits per heavy atom. The van der Waals surface area contributed by atoms with Crippen LogP contribution in [0.1, 0.15) is 36.6 Å². The Labute approximate surface area is 154 Å². The van der Waals surface area contributed by atoms with Gasteiger partial charge in [0.05, 0.1) is 6.04 Å². The van der Waals surface area contributed by atoms with Crippen LogP contribution in [0.4, 0.5) is 10.5 Å². The Kier molecular flexibility index (Phi) is 5.26. The van der Waals surface area contributed by atoms with Crippen LogP contribution < -0.4 is 15.5 Å². The quantitative estimate of drug-likeness (QED) is 0.887. The van der Waals surface area contributed by atoms with Gasteiger partial charge in [0.1, 0.15) is 6.04 Å². The largest absolute Gasteiger partial charge is 0.332 e. The lowest BCUT2D eigenvalue weighted by atomic mass is 10.0. The molecule has 2 aromatic carbocycles. The summed E-state index contributed by atoms with van der Waals surface area (Å²) in [7, 11) is 0. The Morgan fingerprint density at radius 2 is 1.69 bits per heavy atom. The molecule has 136 valence electrons. The highest BCUT2D eigenvalue weighted by atomic mass is 16.2. The molecule has 1 aliphatic rings. The Hall–Kier alpha value is -2.82. The number of amides is 3. The Balaban J connectivity index is 1.59. The van der Waals surface area contributed by atoms with Crippen LogP contribution in [0.5, 0.6) is 0 Å². The zero-order valence-electron chi connectivity index (χ0n) is 15.5. The summed E-state index contributed by atoms with van der Waals surface area (Å²) < 4.78 is 0. The topological polar surface area (TPSA) is 61.4 Å². The molecule has 0 aliphatic carbocycles. The lowest BCUT2D eigenvalue weighted by molar-refractivity contribution is -0.119. The van der Waals surface area contributed by atoms with E-state index >= 15 is 0 Å². The van der Waals surface area contributed by atoms with Crippen molar-refractivity contribution in [3.8, 4) is 0 Å². The molecule has 0 aromatic heterocycles. The number of fused-ring (bicyclic) bond motifs is 1. The Morgan fingerprint density at radius 3 is 2.46 bits per heavy atom. The summed E-state index contributed by atoms with van der Waals surface area (Å²) in [6, 6.07) is 14.8. The van der Waals surface area contributed by atoms with E-state index in [1.54, 1.807) is 11.8 Å². The molecular weight excluding hydrogens is 326 g/mol. The first-order valence-electron chi connectivity index (χ1n) is 8.99. The summed E-state index contributed by atoms with van der Waals surface area (Å²) in [5.41, 5.74) is 4.30. The van der Waals surface area contributed by atoms with Gasteiger partial charge < -0.3 is 15.5 Å². The van der Waals surface area contributed by atoms with Gasteiger partial charge in [0.25, 0.3) is 0 Å². The van der Waals surface area contributed by atoms with Crippen LogP contribution >= 0.6 is 0 Å². The smallest absolute Gasteiger partial charge is 0.315 e. The van der Waals surface area contributed by atoms with Crippen LogP contribution in [-0.4, -0.2) is 24.5 Å². The number of anilines is 1. The van der Waals surface area contributed by atoms with Gasteiger partial charge in [-0.1, -0.05) is 42.5 Å². The average molecular weight is 351 g/mol.